The second kappa shape index (κ2) is 4.34. The number of nitrogens with two attached hydrogens (primary N) is 1. The first kappa shape index (κ1) is 12.4. The summed E-state index contributed by atoms with van der Waals surface area (Å²) in [6.07, 6.45) is 3.01. The number of aryl methyl sites for hydroxylation is 2. The molecule has 1 aromatic carbocycles. The van der Waals surface area contributed by atoms with Gasteiger partial charge in [-0.2, -0.15) is 5.10 Å². The molecule has 0 atom stereocenters. The number of hydrogen-bond acceptors (Lipinski definition) is 4. The summed E-state index contributed by atoms with van der Waals surface area (Å²) >= 11 is 0. The van der Waals surface area contributed by atoms with Crippen LogP contribution in [0.5, 0.6) is 0 Å². The summed E-state index contributed by atoms with van der Waals surface area (Å²) in [6.45, 7) is 1.70. The van der Waals surface area contributed by atoms with Gasteiger partial charge in [0.05, 0.1) is 17.6 Å². The van der Waals surface area contributed by atoms with Crippen molar-refractivity contribution in [2.45, 2.75) is 11.8 Å². The topological polar surface area (TPSA) is 90.0 Å². The zero-order chi connectivity index (χ0) is 13.3. The maximum absolute atomic E-state index is 12.2. The number of anilines is 2. The van der Waals surface area contributed by atoms with Crippen LogP contribution < -0.4 is 10.5 Å². The molecule has 0 radical (unpaired) electrons. The van der Waals surface area contributed by atoms with E-state index in [-0.39, 0.29) is 10.6 Å². The molecule has 2 aromatic rings. The third-order valence-electron chi connectivity index (χ3n) is 2.47. The van der Waals surface area contributed by atoms with Gasteiger partial charge < -0.3 is 5.73 Å². The van der Waals surface area contributed by atoms with Crippen LogP contribution in [-0.2, 0) is 17.1 Å². The molecule has 3 N–H and O–H groups in total. The van der Waals surface area contributed by atoms with E-state index in [0.717, 1.165) is 0 Å². The summed E-state index contributed by atoms with van der Waals surface area (Å²) in [5.74, 6) is 0. The van der Waals surface area contributed by atoms with Gasteiger partial charge in [0.25, 0.3) is 10.0 Å². The van der Waals surface area contributed by atoms with Gasteiger partial charge in [-0.25, -0.2) is 8.42 Å². The van der Waals surface area contributed by atoms with Crippen LogP contribution in [0, 0.1) is 6.92 Å². The van der Waals surface area contributed by atoms with Crippen LogP contribution in [0.1, 0.15) is 5.56 Å². The molecule has 0 fully saturated rings. The summed E-state index contributed by atoms with van der Waals surface area (Å²) in [4.78, 5) is 0.105. The third kappa shape index (κ3) is 2.30. The van der Waals surface area contributed by atoms with E-state index >= 15 is 0 Å². The fourth-order valence-electron chi connectivity index (χ4n) is 1.72. The highest BCUT2D eigenvalue weighted by molar-refractivity contribution is 7.93. The normalized spacial score (nSPS) is 11.4. The van der Waals surface area contributed by atoms with Crippen LogP contribution in [0.4, 0.5) is 11.4 Å². The van der Waals surface area contributed by atoms with E-state index in [9.17, 15) is 8.42 Å². The molecule has 1 aromatic heterocycles. The van der Waals surface area contributed by atoms with Gasteiger partial charge in [0.2, 0.25) is 0 Å². The third-order valence-corrected chi connectivity index (χ3v) is 4.07. The van der Waals surface area contributed by atoms with Crippen molar-refractivity contribution in [3.05, 3.63) is 36.2 Å². The van der Waals surface area contributed by atoms with Crippen molar-refractivity contribution < 1.29 is 8.42 Å². The van der Waals surface area contributed by atoms with Crippen LogP contribution in [0.15, 0.2) is 35.5 Å². The number of nitrogens with zero attached hydrogens (tertiary/aromatic N) is 2. The van der Waals surface area contributed by atoms with E-state index in [1.165, 1.54) is 10.9 Å². The van der Waals surface area contributed by atoms with Gasteiger partial charge in [-0.15, -0.1) is 0 Å². The Morgan fingerprint density at radius 1 is 1.39 bits per heavy atom. The number of hydrogen-bond donors (Lipinski definition) is 2. The predicted octanol–water partition coefficient (Wildman–Crippen LogP) is 1.11. The van der Waals surface area contributed by atoms with Crippen molar-refractivity contribution >= 4 is 21.4 Å². The number of sulfonamides is 1. The SMILES string of the molecule is Cc1cccc(N)c1S(=O)(=O)Nc1cnn(C)c1. The molecule has 0 bridgehead atoms. The van der Waals surface area contributed by atoms with Crippen molar-refractivity contribution in [3.63, 3.8) is 0 Å². The molecule has 1 heterocycles. The molecule has 18 heavy (non-hydrogen) atoms. The van der Waals surface area contributed by atoms with E-state index in [2.05, 4.69) is 9.82 Å². The first-order chi connectivity index (χ1) is 8.40. The average Bonchev–Trinajstić information content (AvgIpc) is 2.62. The highest BCUT2D eigenvalue weighted by Gasteiger charge is 2.20. The average molecular weight is 266 g/mol. The smallest absolute Gasteiger partial charge is 0.264 e. The summed E-state index contributed by atoms with van der Waals surface area (Å²) in [7, 11) is -1.98. The van der Waals surface area contributed by atoms with Crippen LogP contribution in [0.2, 0.25) is 0 Å². The zero-order valence-corrected chi connectivity index (χ0v) is 10.9. The van der Waals surface area contributed by atoms with Crippen LogP contribution in [0.3, 0.4) is 0 Å². The van der Waals surface area contributed by atoms with Crippen molar-refractivity contribution in [2.75, 3.05) is 10.5 Å². The molecule has 0 aliphatic heterocycles. The highest BCUT2D eigenvalue weighted by Crippen LogP contribution is 2.24. The highest BCUT2D eigenvalue weighted by atomic mass is 32.2. The van der Waals surface area contributed by atoms with Crippen molar-refractivity contribution in [1.82, 2.24) is 9.78 Å². The molecule has 7 heteroatoms. The molecule has 0 aliphatic rings. The summed E-state index contributed by atoms with van der Waals surface area (Å²) < 4.78 is 28.4. The molecular formula is C11H14N4O2S. The lowest BCUT2D eigenvalue weighted by Crippen LogP contribution is -2.15. The molecule has 0 aliphatic carbocycles. The van der Waals surface area contributed by atoms with Gasteiger partial charge >= 0.3 is 0 Å². The molecule has 0 saturated heterocycles. The van der Waals surface area contributed by atoms with Crippen molar-refractivity contribution in [3.8, 4) is 0 Å². The Kier molecular flexibility index (Phi) is 3.00. The maximum atomic E-state index is 12.2. The molecule has 0 saturated carbocycles. The van der Waals surface area contributed by atoms with Crippen LogP contribution >= 0.6 is 0 Å². The lowest BCUT2D eigenvalue weighted by molar-refractivity contribution is 0.601. The molecule has 2 rings (SSSR count). The van der Waals surface area contributed by atoms with E-state index in [0.29, 0.717) is 11.3 Å². The molecule has 0 unspecified atom stereocenters. The standard InChI is InChI=1S/C11H14N4O2S/c1-8-4-3-5-10(12)11(8)18(16,17)14-9-6-13-15(2)7-9/h3-7,14H,12H2,1-2H3. The fourth-order valence-corrected chi connectivity index (χ4v) is 3.11. The Morgan fingerprint density at radius 2 is 2.11 bits per heavy atom. The van der Waals surface area contributed by atoms with Crippen LogP contribution in [-0.4, -0.2) is 18.2 Å². The van der Waals surface area contributed by atoms with E-state index in [1.807, 2.05) is 0 Å². The quantitative estimate of drug-likeness (QED) is 0.814. The Morgan fingerprint density at radius 3 is 2.67 bits per heavy atom. The van der Waals surface area contributed by atoms with E-state index in [4.69, 9.17) is 5.73 Å². The largest absolute Gasteiger partial charge is 0.398 e. The van der Waals surface area contributed by atoms with Gasteiger partial charge in [0.1, 0.15) is 4.90 Å². The number of rotatable bonds is 3. The molecule has 96 valence electrons. The second-order valence-electron chi connectivity index (χ2n) is 4.00. The van der Waals surface area contributed by atoms with E-state index in [1.54, 1.807) is 38.4 Å². The van der Waals surface area contributed by atoms with Crippen molar-refractivity contribution in [2.24, 2.45) is 7.05 Å². The summed E-state index contributed by atoms with van der Waals surface area (Å²) in [5, 5.41) is 3.90. The number of benzene rings is 1. The number of nitrogens with one attached hydrogen (secondary N) is 1. The number of nitrogen functional groups attached to an aromatic ring is 1. The Balaban J connectivity index is 2.43. The van der Waals surface area contributed by atoms with Gasteiger partial charge in [-0.3, -0.25) is 9.40 Å². The predicted molar refractivity (Wildman–Crippen MR) is 69.6 cm³/mol. The lowest BCUT2D eigenvalue weighted by atomic mass is 10.2. The van der Waals surface area contributed by atoms with Crippen LogP contribution in [0.25, 0.3) is 0 Å². The minimum atomic E-state index is -3.69. The monoisotopic (exact) mass is 266 g/mol. The Hall–Kier alpha value is -2.02. The molecular weight excluding hydrogens is 252 g/mol. The molecule has 6 nitrogen and oxygen atoms in total. The van der Waals surface area contributed by atoms with Gasteiger partial charge in [-0.05, 0) is 18.6 Å². The minimum Gasteiger partial charge on any atom is -0.398 e. The second-order valence-corrected chi connectivity index (χ2v) is 5.62. The summed E-state index contributed by atoms with van der Waals surface area (Å²) in [6, 6.07) is 4.98. The van der Waals surface area contributed by atoms with Crippen molar-refractivity contribution in [1.29, 1.82) is 0 Å². The molecule has 0 amide bonds. The summed E-state index contributed by atoms with van der Waals surface area (Å²) in [5.41, 5.74) is 6.96. The van der Waals surface area contributed by atoms with Gasteiger partial charge in [-0.1, -0.05) is 12.1 Å². The first-order valence-electron chi connectivity index (χ1n) is 5.27. The van der Waals surface area contributed by atoms with E-state index < -0.39 is 10.0 Å². The zero-order valence-electron chi connectivity index (χ0n) is 10.1. The maximum Gasteiger partial charge on any atom is 0.264 e. The Labute approximate surface area is 105 Å². The fraction of sp³-hybridized carbons (Fsp3) is 0.182. The molecule has 0 spiro atoms. The first-order valence-corrected chi connectivity index (χ1v) is 6.75. The number of aromatic nitrogens is 2. The van der Waals surface area contributed by atoms with Gasteiger partial charge in [0.15, 0.2) is 0 Å². The van der Waals surface area contributed by atoms with Gasteiger partial charge in [0, 0.05) is 13.2 Å². The Bertz CT molecular complexity index is 656. The lowest BCUT2D eigenvalue weighted by Gasteiger charge is -2.11. The minimum absolute atomic E-state index is 0.105.